The number of likely N-dealkylation sites (tertiary alicyclic amines) is 1. The largest absolute Gasteiger partial charge is 0.389 e. The first-order valence-electron chi connectivity index (χ1n) is 13.1. The molecule has 0 radical (unpaired) electrons. The number of amides is 1. The van der Waals surface area contributed by atoms with Crippen molar-refractivity contribution < 1.29 is 19.4 Å². The van der Waals surface area contributed by atoms with Crippen LogP contribution in [-0.4, -0.2) is 82.7 Å². The number of piperidine rings is 1. The van der Waals surface area contributed by atoms with E-state index in [-0.39, 0.29) is 37.9 Å². The molecule has 39 heavy (non-hydrogen) atoms. The zero-order valence-corrected chi connectivity index (χ0v) is 21.4. The van der Waals surface area contributed by atoms with Crippen LogP contribution in [-0.2, 0) is 17.9 Å². The number of hydrogen-bond donors (Lipinski definition) is 3. The lowest BCUT2D eigenvalue weighted by Crippen LogP contribution is -2.58. The van der Waals surface area contributed by atoms with Gasteiger partial charge in [0.1, 0.15) is 29.2 Å². The van der Waals surface area contributed by atoms with Gasteiger partial charge in [-0.2, -0.15) is 5.10 Å². The van der Waals surface area contributed by atoms with Crippen LogP contribution < -0.4 is 10.6 Å². The van der Waals surface area contributed by atoms with Crippen LogP contribution in [0.5, 0.6) is 0 Å². The average molecular weight is 535 g/mol. The van der Waals surface area contributed by atoms with Gasteiger partial charge in [0.2, 0.25) is 5.91 Å². The second kappa shape index (κ2) is 10.0. The van der Waals surface area contributed by atoms with Crippen molar-refractivity contribution in [3.8, 4) is 5.69 Å². The number of primary amides is 1. The Morgan fingerprint density at radius 2 is 2.08 bits per heavy atom. The second-order valence-electron chi connectivity index (χ2n) is 10.5. The number of β-amino-alcohol motifs (C(OH)–C–C–N with tert-alkyl or cyclic N) is 1. The standard InChI is InChI=1S/C27H31FN8O3/c28-22-12-20(36-9-1-8-32-36)3-2-18(22)13-35(19-4-5-19)26-21-6-10-34(25(21)30-17-31-26)16-27(39)7-11-33(14-23(27)37)15-24(29)38/h1-3,6,8-10,12,17,19,23,37,39H,4-5,7,11,13-16H2,(H2,29,38)/t23-,27-/m0/s1. The summed E-state index contributed by atoms with van der Waals surface area (Å²) in [6.45, 7) is 1.12. The Kier molecular flexibility index (Phi) is 6.53. The summed E-state index contributed by atoms with van der Waals surface area (Å²) in [6.07, 6.45) is 7.94. The molecular formula is C27H31FN8O3. The summed E-state index contributed by atoms with van der Waals surface area (Å²) < 4.78 is 18.6. The van der Waals surface area contributed by atoms with Crippen molar-refractivity contribution >= 4 is 22.8 Å². The monoisotopic (exact) mass is 534 g/mol. The number of nitrogens with two attached hydrogens (primary N) is 1. The van der Waals surface area contributed by atoms with E-state index in [1.807, 2.05) is 22.9 Å². The molecule has 2 atom stereocenters. The van der Waals surface area contributed by atoms with Crippen molar-refractivity contribution in [2.75, 3.05) is 24.5 Å². The fourth-order valence-electron chi connectivity index (χ4n) is 5.39. The predicted octanol–water partition coefficient (Wildman–Crippen LogP) is 1.21. The van der Waals surface area contributed by atoms with Crippen LogP contribution in [0, 0.1) is 5.82 Å². The number of carbonyl (C=O) groups excluding carboxylic acids is 1. The van der Waals surface area contributed by atoms with Crippen molar-refractivity contribution in [3.05, 3.63) is 66.6 Å². The quantitative estimate of drug-likeness (QED) is 0.291. The summed E-state index contributed by atoms with van der Waals surface area (Å²) in [7, 11) is 0. The molecular weight excluding hydrogens is 503 g/mol. The Morgan fingerprint density at radius 3 is 2.77 bits per heavy atom. The Bertz CT molecular complexity index is 1490. The summed E-state index contributed by atoms with van der Waals surface area (Å²) in [5.41, 5.74) is 5.74. The highest BCUT2D eigenvalue weighted by Gasteiger charge is 2.41. The topological polar surface area (TPSA) is 139 Å². The highest BCUT2D eigenvalue weighted by Crippen LogP contribution is 2.36. The van der Waals surface area contributed by atoms with Gasteiger partial charge in [0, 0.05) is 49.8 Å². The third kappa shape index (κ3) is 5.10. The van der Waals surface area contributed by atoms with Crippen molar-refractivity contribution in [3.63, 3.8) is 0 Å². The molecule has 2 fully saturated rings. The zero-order chi connectivity index (χ0) is 27.1. The van der Waals surface area contributed by atoms with Gasteiger partial charge in [0.15, 0.2) is 0 Å². The smallest absolute Gasteiger partial charge is 0.231 e. The number of halogens is 1. The number of aromatic nitrogens is 5. The van der Waals surface area contributed by atoms with Gasteiger partial charge in [-0.3, -0.25) is 9.69 Å². The van der Waals surface area contributed by atoms with E-state index in [9.17, 15) is 15.0 Å². The molecule has 1 saturated heterocycles. The molecule has 6 rings (SSSR count). The predicted molar refractivity (Wildman–Crippen MR) is 141 cm³/mol. The van der Waals surface area contributed by atoms with Gasteiger partial charge in [-0.05, 0) is 43.5 Å². The van der Waals surface area contributed by atoms with E-state index >= 15 is 4.39 Å². The lowest BCUT2D eigenvalue weighted by molar-refractivity contribution is -0.135. The Hall–Kier alpha value is -3.87. The number of nitrogens with zero attached hydrogens (tertiary/aromatic N) is 7. The maximum absolute atomic E-state index is 15.2. The van der Waals surface area contributed by atoms with Gasteiger partial charge < -0.3 is 25.4 Å². The van der Waals surface area contributed by atoms with Crippen molar-refractivity contribution in [1.29, 1.82) is 0 Å². The second-order valence-corrected chi connectivity index (χ2v) is 10.5. The van der Waals surface area contributed by atoms with E-state index in [1.54, 1.807) is 34.1 Å². The summed E-state index contributed by atoms with van der Waals surface area (Å²) in [5, 5.41) is 27.0. The number of hydrogen-bond acceptors (Lipinski definition) is 8. The lowest BCUT2D eigenvalue weighted by Gasteiger charge is -2.42. The number of carbonyl (C=O) groups is 1. The first kappa shape index (κ1) is 25.4. The molecule has 1 aromatic carbocycles. The van der Waals surface area contributed by atoms with Crippen LogP contribution in [0.2, 0.25) is 0 Å². The van der Waals surface area contributed by atoms with Gasteiger partial charge >= 0.3 is 0 Å². The van der Waals surface area contributed by atoms with Crippen LogP contribution >= 0.6 is 0 Å². The third-order valence-corrected chi connectivity index (χ3v) is 7.68. The SMILES string of the molecule is NC(=O)CN1CC[C@](O)(Cn2ccc3c(N(Cc4ccc(-n5cccn5)cc4F)C4CC4)ncnc32)[C@@H](O)C1. The Balaban J connectivity index is 1.25. The molecule has 1 amide bonds. The van der Waals surface area contributed by atoms with E-state index in [4.69, 9.17) is 5.73 Å². The van der Waals surface area contributed by atoms with Gasteiger partial charge in [-0.15, -0.1) is 0 Å². The molecule has 1 saturated carbocycles. The van der Waals surface area contributed by atoms with Gasteiger partial charge in [-0.1, -0.05) is 6.07 Å². The first-order chi connectivity index (χ1) is 18.8. The Labute approximate surface area is 224 Å². The van der Waals surface area contributed by atoms with E-state index in [2.05, 4.69) is 20.0 Å². The molecule has 4 heterocycles. The van der Waals surface area contributed by atoms with Crippen LogP contribution in [0.15, 0.2) is 55.2 Å². The van der Waals surface area contributed by atoms with Crippen LogP contribution in [0.3, 0.4) is 0 Å². The van der Waals surface area contributed by atoms with E-state index in [1.165, 1.54) is 12.4 Å². The molecule has 3 aromatic heterocycles. The summed E-state index contributed by atoms with van der Waals surface area (Å²) in [4.78, 5) is 24.2. The molecule has 0 spiro atoms. The number of aliphatic hydroxyl groups is 2. The number of anilines is 1. The minimum atomic E-state index is -1.39. The minimum Gasteiger partial charge on any atom is -0.389 e. The molecule has 204 valence electrons. The van der Waals surface area contributed by atoms with E-state index < -0.39 is 17.6 Å². The first-order valence-corrected chi connectivity index (χ1v) is 13.1. The van der Waals surface area contributed by atoms with Gasteiger partial charge in [-0.25, -0.2) is 19.0 Å². The number of benzene rings is 1. The van der Waals surface area contributed by atoms with Gasteiger partial charge in [0.25, 0.3) is 0 Å². The number of rotatable bonds is 9. The summed E-state index contributed by atoms with van der Waals surface area (Å²) in [6, 6.07) is 9.06. The molecule has 0 unspecified atom stereocenters. The van der Waals surface area contributed by atoms with Crippen LogP contribution in [0.25, 0.3) is 16.7 Å². The highest BCUT2D eigenvalue weighted by atomic mass is 19.1. The Morgan fingerprint density at radius 1 is 1.23 bits per heavy atom. The fraction of sp³-hybridized carbons (Fsp3) is 0.407. The average Bonchev–Trinajstić information content (AvgIpc) is 3.43. The van der Waals surface area contributed by atoms with E-state index in [0.717, 1.165) is 18.2 Å². The number of fused-ring (bicyclic) bond motifs is 1. The van der Waals surface area contributed by atoms with Gasteiger partial charge in [0.05, 0.1) is 30.3 Å². The minimum absolute atomic E-state index is 0.0414. The maximum atomic E-state index is 15.2. The fourth-order valence-corrected chi connectivity index (χ4v) is 5.39. The van der Waals surface area contributed by atoms with Crippen molar-refractivity contribution in [1.82, 2.24) is 29.2 Å². The maximum Gasteiger partial charge on any atom is 0.231 e. The van der Waals surface area contributed by atoms with Crippen molar-refractivity contribution in [2.24, 2.45) is 5.73 Å². The molecule has 1 aliphatic carbocycles. The molecule has 11 nitrogen and oxygen atoms in total. The van der Waals surface area contributed by atoms with Crippen molar-refractivity contribution in [2.45, 2.75) is 50.1 Å². The highest BCUT2D eigenvalue weighted by molar-refractivity contribution is 5.88. The molecule has 4 aromatic rings. The van der Waals surface area contributed by atoms with Crippen LogP contribution in [0.1, 0.15) is 24.8 Å². The zero-order valence-electron chi connectivity index (χ0n) is 21.4. The summed E-state index contributed by atoms with van der Waals surface area (Å²) in [5.74, 6) is -0.0711. The van der Waals surface area contributed by atoms with Crippen LogP contribution in [0.4, 0.5) is 10.2 Å². The lowest BCUT2D eigenvalue weighted by atomic mass is 9.88. The molecule has 4 N–H and O–H groups in total. The molecule has 12 heteroatoms. The molecule has 2 aliphatic rings. The normalized spacial score (nSPS) is 21.9. The summed E-state index contributed by atoms with van der Waals surface area (Å²) >= 11 is 0. The molecule has 1 aliphatic heterocycles. The third-order valence-electron chi connectivity index (χ3n) is 7.68. The molecule has 0 bridgehead atoms. The number of aliphatic hydroxyl groups excluding tert-OH is 1. The van der Waals surface area contributed by atoms with E-state index in [0.29, 0.717) is 35.8 Å².